The third kappa shape index (κ3) is 2.29. The number of benzene rings is 5. The molecule has 0 radical (unpaired) electrons. The highest BCUT2D eigenvalue weighted by molar-refractivity contribution is 6.62. The minimum Gasteiger partial charge on any atom is -0.456 e. The van der Waals surface area contributed by atoms with Crippen LogP contribution in [0.5, 0.6) is 0 Å². The molecule has 7 rings (SSSR count). The molecule has 5 aromatic carbocycles. The number of hydrogen-bond acceptors (Lipinski definition) is 3. The summed E-state index contributed by atoms with van der Waals surface area (Å²) < 4.78 is 18.9. The normalized spacial score (nSPS) is 18.2. The van der Waals surface area contributed by atoms with Gasteiger partial charge in [-0.1, -0.05) is 54.6 Å². The van der Waals surface area contributed by atoms with E-state index in [9.17, 15) is 0 Å². The van der Waals surface area contributed by atoms with Crippen LogP contribution in [0.2, 0.25) is 0 Å². The molecule has 0 aliphatic carbocycles. The summed E-state index contributed by atoms with van der Waals surface area (Å²) in [6.45, 7) is 8.34. The van der Waals surface area contributed by atoms with Crippen molar-refractivity contribution in [1.82, 2.24) is 0 Å². The van der Waals surface area contributed by atoms with Crippen LogP contribution in [0.15, 0.2) is 71.1 Å². The Kier molecular flexibility index (Phi) is 3.37. The summed E-state index contributed by atoms with van der Waals surface area (Å²) >= 11 is 0. The molecule has 1 fully saturated rings. The van der Waals surface area contributed by atoms with Gasteiger partial charge in [-0.15, -0.1) is 0 Å². The molecular formula is C28H23BO3. The van der Waals surface area contributed by atoms with Gasteiger partial charge < -0.3 is 13.7 Å². The second-order valence-electron chi connectivity index (χ2n) is 10.1. The van der Waals surface area contributed by atoms with Gasteiger partial charge in [0.2, 0.25) is 0 Å². The Balaban J connectivity index is 1.54. The van der Waals surface area contributed by atoms with Gasteiger partial charge in [-0.2, -0.15) is 0 Å². The van der Waals surface area contributed by atoms with Crippen molar-refractivity contribution < 1.29 is 13.7 Å². The van der Waals surface area contributed by atoms with Gasteiger partial charge in [0.15, 0.2) is 0 Å². The fourth-order valence-electron chi connectivity index (χ4n) is 5.22. The summed E-state index contributed by atoms with van der Waals surface area (Å²) in [4.78, 5) is 0. The summed E-state index contributed by atoms with van der Waals surface area (Å²) in [5.41, 5.74) is 2.08. The lowest BCUT2D eigenvalue weighted by atomic mass is 9.78. The molecule has 1 saturated heterocycles. The second kappa shape index (κ2) is 5.83. The van der Waals surface area contributed by atoms with Crippen LogP contribution in [0, 0.1) is 0 Å². The van der Waals surface area contributed by atoms with Crippen LogP contribution < -0.4 is 5.46 Å². The van der Waals surface area contributed by atoms with Crippen LogP contribution in [-0.4, -0.2) is 18.3 Å². The first-order chi connectivity index (χ1) is 15.3. The van der Waals surface area contributed by atoms with Crippen molar-refractivity contribution in [2.24, 2.45) is 0 Å². The minimum absolute atomic E-state index is 0.370. The third-order valence-corrected chi connectivity index (χ3v) is 7.63. The van der Waals surface area contributed by atoms with Gasteiger partial charge in [-0.3, -0.25) is 0 Å². The molecule has 3 nitrogen and oxygen atoms in total. The first-order valence-corrected chi connectivity index (χ1v) is 11.2. The SMILES string of the molecule is CC1(C)OB(c2ccc3oc4cc5ccc6cccc7ccc(c4c3c2)c5c67)OC1(C)C. The molecule has 0 N–H and O–H groups in total. The Morgan fingerprint density at radius 1 is 0.594 bits per heavy atom. The molecule has 1 aromatic heterocycles. The Bertz CT molecular complexity index is 1660. The first kappa shape index (κ1) is 18.5. The molecule has 1 aliphatic rings. The molecule has 4 heteroatoms. The summed E-state index contributed by atoms with van der Waals surface area (Å²) in [7, 11) is -0.394. The van der Waals surface area contributed by atoms with E-state index in [2.05, 4.69) is 88.4 Å². The molecule has 6 aromatic rings. The van der Waals surface area contributed by atoms with Crippen LogP contribution in [0.4, 0.5) is 0 Å². The smallest absolute Gasteiger partial charge is 0.456 e. The van der Waals surface area contributed by atoms with Crippen molar-refractivity contribution in [3.63, 3.8) is 0 Å². The standard InChI is InChI=1S/C28H23BO3/c1-27(2)28(3,4)32-29(31-27)19-11-13-22-21(15-19)26-20-12-10-17-7-5-6-16-8-9-18(14-23(26)30-22)25(20)24(16)17/h5-15H,1-4H3. The van der Waals surface area contributed by atoms with Gasteiger partial charge in [0, 0.05) is 10.8 Å². The number of furan rings is 1. The Labute approximate surface area is 186 Å². The highest BCUT2D eigenvalue weighted by Gasteiger charge is 2.51. The monoisotopic (exact) mass is 418 g/mol. The van der Waals surface area contributed by atoms with Gasteiger partial charge in [0.1, 0.15) is 11.2 Å². The summed E-state index contributed by atoms with van der Waals surface area (Å²) in [6, 6.07) is 23.8. The highest BCUT2D eigenvalue weighted by atomic mass is 16.7. The highest BCUT2D eigenvalue weighted by Crippen LogP contribution is 2.42. The predicted octanol–water partition coefficient (Wildman–Crippen LogP) is 6.78. The fraction of sp³-hybridized carbons (Fsp3) is 0.214. The van der Waals surface area contributed by atoms with E-state index in [4.69, 9.17) is 13.7 Å². The van der Waals surface area contributed by atoms with Gasteiger partial charge in [0.25, 0.3) is 0 Å². The zero-order valence-electron chi connectivity index (χ0n) is 18.7. The summed E-state index contributed by atoms with van der Waals surface area (Å²) in [5, 5.41) is 9.86. The van der Waals surface area contributed by atoms with E-state index in [1.54, 1.807) is 0 Å². The zero-order valence-corrected chi connectivity index (χ0v) is 18.7. The van der Waals surface area contributed by atoms with Crippen LogP contribution in [0.3, 0.4) is 0 Å². The molecule has 1 aliphatic heterocycles. The van der Waals surface area contributed by atoms with Crippen molar-refractivity contribution in [1.29, 1.82) is 0 Å². The number of fused-ring (bicyclic) bond motifs is 4. The van der Waals surface area contributed by atoms with Crippen molar-refractivity contribution in [2.45, 2.75) is 38.9 Å². The van der Waals surface area contributed by atoms with E-state index in [-0.39, 0.29) is 11.2 Å². The van der Waals surface area contributed by atoms with Crippen LogP contribution in [-0.2, 0) is 9.31 Å². The van der Waals surface area contributed by atoms with E-state index in [0.29, 0.717) is 0 Å². The van der Waals surface area contributed by atoms with Crippen molar-refractivity contribution in [3.8, 4) is 0 Å². The maximum Gasteiger partial charge on any atom is 0.494 e. The van der Waals surface area contributed by atoms with E-state index >= 15 is 0 Å². The average molecular weight is 418 g/mol. The largest absolute Gasteiger partial charge is 0.494 e. The second-order valence-corrected chi connectivity index (χ2v) is 10.1. The molecule has 0 unspecified atom stereocenters. The lowest BCUT2D eigenvalue weighted by Crippen LogP contribution is -2.41. The van der Waals surface area contributed by atoms with Gasteiger partial charge in [-0.05, 0) is 77.6 Å². The fourth-order valence-corrected chi connectivity index (χ4v) is 5.22. The van der Waals surface area contributed by atoms with Crippen molar-refractivity contribution >= 4 is 66.8 Å². The minimum atomic E-state index is -0.394. The molecule has 0 amide bonds. The van der Waals surface area contributed by atoms with Crippen molar-refractivity contribution in [3.05, 3.63) is 66.7 Å². The summed E-state index contributed by atoms with van der Waals surface area (Å²) in [5.74, 6) is 0. The average Bonchev–Trinajstić information content (AvgIpc) is 3.24. The Morgan fingerprint density at radius 2 is 1.28 bits per heavy atom. The summed E-state index contributed by atoms with van der Waals surface area (Å²) in [6.07, 6.45) is 0. The topological polar surface area (TPSA) is 31.6 Å². The Hall–Kier alpha value is -3.08. The van der Waals surface area contributed by atoms with E-state index in [1.165, 1.54) is 32.3 Å². The molecule has 156 valence electrons. The van der Waals surface area contributed by atoms with Gasteiger partial charge in [-0.25, -0.2) is 0 Å². The van der Waals surface area contributed by atoms with E-state index < -0.39 is 7.12 Å². The van der Waals surface area contributed by atoms with E-state index in [1.807, 2.05) is 6.07 Å². The maximum absolute atomic E-state index is 6.32. The quantitative estimate of drug-likeness (QED) is 0.218. The van der Waals surface area contributed by atoms with Gasteiger partial charge in [0.05, 0.1) is 11.2 Å². The molecule has 0 spiro atoms. The molecule has 2 heterocycles. The zero-order chi connectivity index (χ0) is 21.8. The molecule has 0 atom stereocenters. The lowest BCUT2D eigenvalue weighted by Gasteiger charge is -2.32. The lowest BCUT2D eigenvalue weighted by molar-refractivity contribution is 0.00578. The number of rotatable bonds is 1. The van der Waals surface area contributed by atoms with Crippen LogP contribution in [0.25, 0.3) is 54.3 Å². The maximum atomic E-state index is 6.32. The van der Waals surface area contributed by atoms with Crippen LogP contribution >= 0.6 is 0 Å². The third-order valence-electron chi connectivity index (χ3n) is 7.63. The van der Waals surface area contributed by atoms with Gasteiger partial charge >= 0.3 is 7.12 Å². The Morgan fingerprint density at radius 3 is 2.03 bits per heavy atom. The first-order valence-electron chi connectivity index (χ1n) is 11.2. The van der Waals surface area contributed by atoms with Crippen molar-refractivity contribution in [2.75, 3.05) is 0 Å². The van der Waals surface area contributed by atoms with Crippen LogP contribution in [0.1, 0.15) is 27.7 Å². The molecule has 32 heavy (non-hydrogen) atoms. The van der Waals surface area contributed by atoms with E-state index in [0.717, 1.165) is 27.4 Å². The molecular weight excluding hydrogens is 395 g/mol. The number of hydrogen-bond donors (Lipinski definition) is 0. The molecule has 0 saturated carbocycles. The predicted molar refractivity (Wildman–Crippen MR) is 133 cm³/mol. The molecule has 0 bridgehead atoms.